The Morgan fingerprint density at radius 2 is 1.06 bits per heavy atom. The Kier molecular flexibility index (Phi) is 20.4. The smallest absolute Gasteiger partial charge is 0.303 e. The zero-order valence-electron chi connectivity index (χ0n) is 50.1. The van der Waals surface area contributed by atoms with Gasteiger partial charge >= 0.3 is 5.97 Å². The second kappa shape index (κ2) is 26.5. The highest BCUT2D eigenvalue weighted by molar-refractivity contribution is 5.66. The minimum atomic E-state index is -2.03. The van der Waals surface area contributed by atoms with Gasteiger partial charge in [-0.05, 0) is 97.7 Å². The second-order valence-electron chi connectivity index (χ2n) is 27.6. The van der Waals surface area contributed by atoms with E-state index in [9.17, 15) is 86.5 Å². The molecular weight excluding hydrogens is 1170 g/mol. The number of hydrogen-bond donors (Lipinski definition) is 17. The summed E-state index contributed by atoms with van der Waals surface area (Å²) in [6.45, 7) is 6.73. The van der Waals surface area contributed by atoms with Crippen molar-refractivity contribution in [2.75, 3.05) is 39.6 Å². The van der Waals surface area contributed by atoms with E-state index in [0.29, 0.717) is 37.1 Å². The molecule has 7 heterocycles. The highest BCUT2D eigenvalue weighted by Gasteiger charge is 2.72. The molecule has 0 aromatic heterocycles. The zero-order valence-corrected chi connectivity index (χ0v) is 50.1. The number of fused-ring (bicyclic) bond motifs is 7. The number of aliphatic hydroxyl groups is 16. The lowest BCUT2D eigenvalue weighted by Gasteiger charge is -2.61. The number of ether oxygens (including phenoxy) is 12. The fourth-order valence-corrected chi connectivity index (χ4v) is 18.0. The Morgan fingerprint density at radius 3 is 1.68 bits per heavy atom. The largest absolute Gasteiger partial charge is 0.455 e. The van der Waals surface area contributed by atoms with E-state index >= 15 is 0 Å². The molecule has 0 aromatic rings. The summed E-state index contributed by atoms with van der Waals surface area (Å²) < 4.78 is 73.6. The molecule has 11 fully saturated rings. The van der Waals surface area contributed by atoms with Crippen LogP contribution in [-0.4, -0.2) is 305 Å². The fourth-order valence-electron chi connectivity index (χ4n) is 18.0. The second-order valence-corrected chi connectivity index (χ2v) is 27.6. The van der Waals surface area contributed by atoms with Crippen LogP contribution < -0.4 is 5.32 Å². The van der Waals surface area contributed by atoms with Gasteiger partial charge in [0.15, 0.2) is 43.3 Å². The normalized spacial score (nSPS) is 56.4. The predicted octanol–water partition coefficient (Wildman–Crippen LogP) is -6.36. The van der Waals surface area contributed by atoms with Crippen LogP contribution >= 0.6 is 0 Å². The molecule has 0 amide bonds. The number of aliphatic hydroxyl groups excluding tert-OH is 16. The summed E-state index contributed by atoms with van der Waals surface area (Å²) in [7, 11) is 0. The summed E-state index contributed by atoms with van der Waals surface area (Å²) in [6, 6.07) is 0. The Labute approximate surface area is 508 Å². The van der Waals surface area contributed by atoms with E-state index in [-0.39, 0.29) is 40.6 Å². The van der Waals surface area contributed by atoms with E-state index in [1.54, 1.807) is 0 Å². The van der Waals surface area contributed by atoms with Crippen molar-refractivity contribution >= 4 is 5.97 Å². The molecule has 4 saturated carbocycles. The molecule has 11 aliphatic rings. The van der Waals surface area contributed by atoms with Crippen LogP contribution in [0, 0.1) is 52.3 Å². The maximum atomic E-state index is 13.0. The number of piperidine rings is 1. The summed E-state index contributed by atoms with van der Waals surface area (Å²) >= 11 is 0. The zero-order chi connectivity index (χ0) is 63.4. The fraction of sp³-hybridized carbons (Fsp3) is 0.983. The molecule has 0 radical (unpaired) electrons. The Balaban J connectivity index is 0.751. The van der Waals surface area contributed by atoms with Crippen molar-refractivity contribution in [3.8, 4) is 0 Å². The van der Waals surface area contributed by atoms with Crippen LogP contribution in [-0.2, 0) is 61.6 Å². The number of hydrogen-bond acceptors (Lipinski definition) is 30. The van der Waals surface area contributed by atoms with Gasteiger partial charge in [-0.2, -0.15) is 0 Å². The van der Waals surface area contributed by atoms with Gasteiger partial charge in [0.25, 0.3) is 0 Å². The van der Waals surface area contributed by atoms with E-state index in [4.69, 9.17) is 56.8 Å². The van der Waals surface area contributed by atoms with Crippen LogP contribution in [0.4, 0.5) is 0 Å². The molecule has 0 aromatic carbocycles. The van der Waals surface area contributed by atoms with Crippen molar-refractivity contribution in [1.82, 2.24) is 5.32 Å². The molecule has 0 unspecified atom stereocenters. The molecule has 30 nitrogen and oxygen atoms in total. The van der Waals surface area contributed by atoms with E-state index in [1.807, 2.05) is 6.92 Å². The van der Waals surface area contributed by atoms with Gasteiger partial charge in [-0.25, -0.2) is 0 Å². The van der Waals surface area contributed by atoms with Gasteiger partial charge in [-0.15, -0.1) is 0 Å². The number of carbonyl (C=O) groups excluding carboxylic acids is 1. The first-order valence-electron chi connectivity index (χ1n) is 31.5. The van der Waals surface area contributed by atoms with Gasteiger partial charge in [0.1, 0.15) is 122 Å². The van der Waals surface area contributed by atoms with Crippen molar-refractivity contribution in [3.05, 3.63) is 0 Å². The summed E-state index contributed by atoms with van der Waals surface area (Å²) in [5, 5.41) is 176. The van der Waals surface area contributed by atoms with Crippen LogP contribution in [0.2, 0.25) is 0 Å². The van der Waals surface area contributed by atoms with Crippen molar-refractivity contribution in [2.24, 2.45) is 52.3 Å². The van der Waals surface area contributed by atoms with Gasteiger partial charge < -0.3 is 139 Å². The molecule has 7 aliphatic heterocycles. The van der Waals surface area contributed by atoms with Crippen LogP contribution in [0.25, 0.3) is 0 Å². The summed E-state index contributed by atoms with van der Waals surface area (Å²) in [6.07, 6.45) is -37.3. The van der Waals surface area contributed by atoms with Crippen LogP contribution in [0.3, 0.4) is 0 Å². The van der Waals surface area contributed by atoms with E-state index in [2.05, 4.69) is 26.1 Å². The summed E-state index contributed by atoms with van der Waals surface area (Å²) in [4.78, 5) is 13.0. The molecule has 7 saturated heterocycles. The first-order chi connectivity index (χ1) is 41.7. The molecule has 30 heteroatoms. The third-order valence-corrected chi connectivity index (χ3v) is 22.8. The maximum Gasteiger partial charge on any atom is 0.303 e. The lowest BCUT2D eigenvalue weighted by molar-refractivity contribution is -0.404. The topological polar surface area (TPSA) is 464 Å². The lowest BCUT2D eigenvalue weighted by atomic mass is 9.44. The van der Waals surface area contributed by atoms with Crippen LogP contribution in [0.1, 0.15) is 86.0 Å². The summed E-state index contributed by atoms with van der Waals surface area (Å²) in [5.41, 5.74) is -1.41. The van der Waals surface area contributed by atoms with Gasteiger partial charge in [0.05, 0.1) is 45.2 Å². The molecular formula is C58H95NO29. The minimum Gasteiger partial charge on any atom is -0.455 e. The minimum absolute atomic E-state index is 0.0616. The molecule has 11 rings (SSSR count). The van der Waals surface area contributed by atoms with Crippen molar-refractivity contribution < 1.29 is 143 Å². The van der Waals surface area contributed by atoms with Gasteiger partial charge in [0, 0.05) is 19.4 Å². The maximum absolute atomic E-state index is 13.0. The molecule has 506 valence electrons. The van der Waals surface area contributed by atoms with E-state index < -0.39 is 210 Å². The quantitative estimate of drug-likeness (QED) is 0.0536. The van der Waals surface area contributed by atoms with Gasteiger partial charge in [-0.1, -0.05) is 27.7 Å². The van der Waals surface area contributed by atoms with Crippen molar-refractivity contribution in [3.63, 3.8) is 0 Å². The van der Waals surface area contributed by atoms with Crippen molar-refractivity contribution in [2.45, 2.75) is 264 Å². The number of rotatable bonds is 15. The number of carbonyl (C=O) groups is 1. The molecule has 4 aliphatic carbocycles. The van der Waals surface area contributed by atoms with Crippen LogP contribution in [0.15, 0.2) is 0 Å². The molecule has 1 spiro atoms. The van der Waals surface area contributed by atoms with Gasteiger partial charge in [0.2, 0.25) is 0 Å². The van der Waals surface area contributed by atoms with Crippen molar-refractivity contribution in [1.29, 1.82) is 0 Å². The van der Waals surface area contributed by atoms with E-state index in [1.165, 1.54) is 6.92 Å². The molecule has 38 atom stereocenters. The molecule has 17 N–H and O–H groups in total. The number of esters is 1. The van der Waals surface area contributed by atoms with E-state index in [0.717, 1.165) is 38.5 Å². The Bertz CT molecular complexity index is 2350. The Morgan fingerprint density at radius 1 is 0.523 bits per heavy atom. The first-order valence-corrected chi connectivity index (χ1v) is 31.5. The summed E-state index contributed by atoms with van der Waals surface area (Å²) in [5.74, 6) is 0.294. The predicted molar refractivity (Wildman–Crippen MR) is 289 cm³/mol. The molecule has 88 heavy (non-hydrogen) atoms. The SMILES string of the molecule is CC(=O)O[C@H]1[C@H](O[C@@H]2O[C@H](CO)[C@@H](O)[C@H](O)[C@H]2O)[C@@H](C)CN[C@@]12O[C@H]1C[C@H]3[C@@H]4CC[C@H]5C[C@@H](O[C@@H]6O[C@H](CO)[C@H](O[C@@H]7O[C@H](CO)[C@@H](O)[C@H](O[C@@H]8OC[C@@H](O)[C@H](O)[C@H]8O)[C@H]7O[C@@H]7O[C@H](CO)[C@@H](O)[C@H](O)[C@H]7O)[C@H](O)[C@H]6O)CC[C@]5(C)[C@H]4CC[C@]3(C)[C@H]1[C@@H]2C. The third-order valence-electron chi connectivity index (χ3n) is 22.8. The third kappa shape index (κ3) is 11.7. The Hall–Kier alpha value is -1.65. The average Bonchev–Trinajstić information content (AvgIpc) is 1.50. The first kappa shape index (κ1) is 67.8. The number of nitrogens with one attached hydrogen (secondary N) is 1. The van der Waals surface area contributed by atoms with Gasteiger partial charge in [-0.3, -0.25) is 10.1 Å². The standard InChI is InChI=1S/C58H95NO29/c1-20-14-59-58(50(78-22(3)64)46(20)84-53-43(74)39(70)36(67)30(15-60)80-53)21(2)34-29(88-58)13-27-25-7-6-23-12-24(8-10-56(23,4)26(25)9-11-57(27,34)5)79-52-45(76)41(72)47(33(18-63)83-52)85-55-49(87-54-44(75)40(71)37(68)31(16-61)81-54)48(38(69)32(17-62)82-55)86-51-42(73)35(66)28(65)19-77-51/h20-21,23-55,59-63,65-76H,6-19H2,1-5H3/t20-,21-,23-,24-,25+,26-,27-,28+,29-,30+,31+,32+,33+,34-,35-,36+,37+,38+,39-,40-,41+,42+,43+,44+,45+,46+,47-,48-,49+,50-,51-,52+,53-,54-,55-,56-,57-,58-/m0/s1. The average molecular weight is 1270 g/mol. The highest BCUT2D eigenvalue weighted by Crippen LogP contribution is 2.71. The lowest BCUT2D eigenvalue weighted by Crippen LogP contribution is -2.71. The monoisotopic (exact) mass is 1270 g/mol. The molecule has 0 bridgehead atoms. The highest BCUT2D eigenvalue weighted by atomic mass is 16.8. The van der Waals surface area contributed by atoms with Crippen LogP contribution in [0.5, 0.6) is 0 Å².